The molecule has 0 saturated carbocycles. The van der Waals surface area contributed by atoms with Crippen molar-refractivity contribution >= 4 is 34.5 Å². The minimum absolute atomic E-state index is 0.0189. The Morgan fingerprint density at radius 1 is 1.15 bits per heavy atom. The topological polar surface area (TPSA) is 61.0 Å². The van der Waals surface area contributed by atoms with Gasteiger partial charge in [-0.3, -0.25) is 0 Å². The number of benzene rings is 2. The lowest BCUT2D eigenvalue weighted by molar-refractivity contribution is 0.193. The molecule has 0 spiro atoms. The highest BCUT2D eigenvalue weighted by molar-refractivity contribution is 7.98. The standard InChI is InChI=1S/C20H22N4OS/c1-26-18-9-5-4-8-17(18)23-20(25)24-12-10-14(11-13-24)19-21-15-6-2-3-7-16(15)22-19/h2-9,14H,10-13H2,1H3,(H,21,22)(H,23,25). The van der Waals surface area contributed by atoms with E-state index in [0.717, 1.165) is 53.4 Å². The van der Waals surface area contributed by atoms with Gasteiger partial charge in [-0.05, 0) is 43.4 Å². The van der Waals surface area contributed by atoms with Gasteiger partial charge in [0.15, 0.2) is 0 Å². The van der Waals surface area contributed by atoms with Crippen LogP contribution in [0.2, 0.25) is 0 Å². The number of carbonyl (C=O) groups excluding carboxylic acids is 1. The molecule has 26 heavy (non-hydrogen) atoms. The van der Waals surface area contributed by atoms with Crippen molar-refractivity contribution in [1.29, 1.82) is 0 Å². The highest BCUT2D eigenvalue weighted by atomic mass is 32.2. The summed E-state index contributed by atoms with van der Waals surface area (Å²) in [6, 6.07) is 16.0. The number of amides is 2. The van der Waals surface area contributed by atoms with Crippen LogP contribution in [0.1, 0.15) is 24.6 Å². The van der Waals surface area contributed by atoms with E-state index in [-0.39, 0.29) is 6.03 Å². The van der Waals surface area contributed by atoms with Crippen molar-refractivity contribution in [1.82, 2.24) is 14.9 Å². The van der Waals surface area contributed by atoms with Crippen molar-refractivity contribution in [2.24, 2.45) is 0 Å². The molecule has 134 valence electrons. The monoisotopic (exact) mass is 366 g/mol. The summed E-state index contributed by atoms with van der Waals surface area (Å²) in [6.07, 6.45) is 3.87. The fourth-order valence-corrected chi connectivity index (χ4v) is 4.02. The van der Waals surface area contributed by atoms with Gasteiger partial charge in [0, 0.05) is 23.9 Å². The zero-order valence-electron chi connectivity index (χ0n) is 14.7. The number of likely N-dealkylation sites (tertiary alicyclic amines) is 1. The number of fused-ring (bicyclic) bond motifs is 1. The average Bonchev–Trinajstić information content (AvgIpc) is 3.13. The summed E-state index contributed by atoms with van der Waals surface area (Å²) >= 11 is 1.64. The maximum absolute atomic E-state index is 12.6. The number of anilines is 1. The van der Waals surface area contributed by atoms with Crippen molar-refractivity contribution in [3.63, 3.8) is 0 Å². The normalized spacial score (nSPS) is 15.3. The first-order valence-corrected chi connectivity index (χ1v) is 10.1. The number of piperidine rings is 1. The summed E-state index contributed by atoms with van der Waals surface area (Å²) in [4.78, 5) is 23.7. The first kappa shape index (κ1) is 17.0. The molecule has 2 heterocycles. The molecule has 5 nitrogen and oxygen atoms in total. The summed E-state index contributed by atoms with van der Waals surface area (Å²) in [6.45, 7) is 1.49. The van der Waals surface area contributed by atoms with Crippen LogP contribution in [-0.4, -0.2) is 40.2 Å². The third-order valence-electron chi connectivity index (χ3n) is 4.93. The van der Waals surface area contributed by atoms with Gasteiger partial charge >= 0.3 is 6.03 Å². The molecule has 0 radical (unpaired) electrons. The number of hydrogen-bond donors (Lipinski definition) is 2. The van der Waals surface area contributed by atoms with Crippen molar-refractivity contribution in [2.45, 2.75) is 23.7 Å². The van der Waals surface area contributed by atoms with E-state index in [9.17, 15) is 4.79 Å². The molecular formula is C20H22N4OS. The van der Waals surface area contributed by atoms with Gasteiger partial charge in [-0.15, -0.1) is 11.8 Å². The molecule has 6 heteroatoms. The van der Waals surface area contributed by atoms with Gasteiger partial charge in [0.2, 0.25) is 0 Å². The fraction of sp³-hybridized carbons (Fsp3) is 0.300. The summed E-state index contributed by atoms with van der Waals surface area (Å²) in [5.74, 6) is 1.42. The van der Waals surface area contributed by atoms with Gasteiger partial charge in [0.25, 0.3) is 0 Å². The highest BCUT2D eigenvalue weighted by Crippen LogP contribution is 2.29. The number of carbonyl (C=O) groups is 1. The maximum atomic E-state index is 12.6. The fourth-order valence-electron chi connectivity index (χ4n) is 3.46. The molecular weight excluding hydrogens is 344 g/mol. The highest BCUT2D eigenvalue weighted by Gasteiger charge is 2.26. The van der Waals surface area contributed by atoms with Crippen molar-refractivity contribution < 1.29 is 4.79 Å². The second-order valence-electron chi connectivity index (χ2n) is 6.53. The molecule has 0 unspecified atom stereocenters. The molecule has 0 atom stereocenters. The number of nitrogens with one attached hydrogen (secondary N) is 2. The molecule has 2 amide bonds. The smallest absolute Gasteiger partial charge is 0.321 e. The third-order valence-corrected chi connectivity index (χ3v) is 5.72. The Labute approximate surface area is 157 Å². The third kappa shape index (κ3) is 3.42. The summed E-state index contributed by atoms with van der Waals surface area (Å²) < 4.78 is 0. The van der Waals surface area contributed by atoms with Crippen molar-refractivity contribution in [3.05, 3.63) is 54.4 Å². The summed E-state index contributed by atoms with van der Waals surface area (Å²) in [5.41, 5.74) is 2.97. The second kappa shape index (κ2) is 7.41. The largest absolute Gasteiger partial charge is 0.342 e. The van der Waals surface area contributed by atoms with Gasteiger partial charge in [-0.25, -0.2) is 9.78 Å². The Morgan fingerprint density at radius 3 is 2.65 bits per heavy atom. The van der Waals surface area contributed by atoms with Crippen molar-refractivity contribution in [3.8, 4) is 0 Å². The molecule has 3 aromatic rings. The molecule has 2 N–H and O–H groups in total. The van der Waals surface area contributed by atoms with E-state index in [4.69, 9.17) is 4.98 Å². The Kier molecular flexibility index (Phi) is 4.84. The van der Waals surface area contributed by atoms with E-state index in [0.29, 0.717) is 5.92 Å². The number of para-hydroxylation sites is 3. The van der Waals surface area contributed by atoms with Gasteiger partial charge in [-0.2, -0.15) is 0 Å². The predicted molar refractivity (Wildman–Crippen MR) is 107 cm³/mol. The van der Waals surface area contributed by atoms with Gasteiger partial charge in [-0.1, -0.05) is 24.3 Å². The van der Waals surface area contributed by atoms with Crippen LogP contribution in [0, 0.1) is 0 Å². The predicted octanol–water partition coefficient (Wildman–Crippen LogP) is 4.70. The second-order valence-corrected chi connectivity index (χ2v) is 7.38. The molecule has 1 aliphatic heterocycles. The Hall–Kier alpha value is -2.47. The minimum atomic E-state index is -0.0189. The molecule has 0 bridgehead atoms. The van der Waals surface area contributed by atoms with E-state index in [2.05, 4.69) is 16.4 Å². The number of imidazole rings is 1. The first-order chi connectivity index (χ1) is 12.7. The van der Waals surface area contributed by atoms with E-state index in [1.165, 1.54) is 0 Å². The number of nitrogens with zero attached hydrogens (tertiary/aromatic N) is 2. The number of hydrogen-bond acceptors (Lipinski definition) is 3. The van der Waals surface area contributed by atoms with Crippen LogP contribution >= 0.6 is 11.8 Å². The number of H-pyrrole nitrogens is 1. The first-order valence-electron chi connectivity index (χ1n) is 8.88. The van der Waals surface area contributed by atoms with Gasteiger partial charge < -0.3 is 15.2 Å². The van der Waals surface area contributed by atoms with E-state index >= 15 is 0 Å². The molecule has 1 saturated heterocycles. The maximum Gasteiger partial charge on any atom is 0.321 e. The quantitative estimate of drug-likeness (QED) is 0.661. The summed E-state index contributed by atoms with van der Waals surface area (Å²) in [7, 11) is 0. The van der Waals surface area contributed by atoms with Crippen LogP contribution in [0.15, 0.2) is 53.4 Å². The molecule has 1 aromatic heterocycles. The zero-order chi connectivity index (χ0) is 17.9. The molecule has 2 aromatic carbocycles. The van der Waals surface area contributed by atoms with Crippen LogP contribution in [0.25, 0.3) is 11.0 Å². The van der Waals surface area contributed by atoms with Gasteiger partial charge in [0.1, 0.15) is 5.82 Å². The van der Waals surface area contributed by atoms with Crippen molar-refractivity contribution in [2.75, 3.05) is 24.7 Å². The van der Waals surface area contributed by atoms with Crippen LogP contribution in [-0.2, 0) is 0 Å². The molecule has 0 aliphatic carbocycles. The zero-order valence-corrected chi connectivity index (χ0v) is 15.6. The number of aromatic amines is 1. The molecule has 4 rings (SSSR count). The van der Waals surface area contributed by atoms with E-state index in [1.807, 2.05) is 53.6 Å². The average molecular weight is 366 g/mol. The minimum Gasteiger partial charge on any atom is -0.342 e. The lowest BCUT2D eigenvalue weighted by Crippen LogP contribution is -2.40. The number of thioether (sulfide) groups is 1. The van der Waals surface area contributed by atoms with E-state index < -0.39 is 0 Å². The van der Waals surface area contributed by atoms with Crippen LogP contribution in [0.5, 0.6) is 0 Å². The van der Waals surface area contributed by atoms with Crippen LogP contribution in [0.4, 0.5) is 10.5 Å². The number of aromatic nitrogens is 2. The Bertz CT molecular complexity index is 882. The van der Waals surface area contributed by atoms with Crippen LogP contribution < -0.4 is 5.32 Å². The lowest BCUT2D eigenvalue weighted by Gasteiger charge is -2.31. The molecule has 1 aliphatic rings. The number of rotatable bonds is 3. The SMILES string of the molecule is CSc1ccccc1NC(=O)N1CCC(c2nc3ccccc3[nH]2)CC1. The Balaban J connectivity index is 1.39. The van der Waals surface area contributed by atoms with Crippen LogP contribution in [0.3, 0.4) is 0 Å². The van der Waals surface area contributed by atoms with E-state index in [1.54, 1.807) is 11.8 Å². The summed E-state index contributed by atoms with van der Waals surface area (Å²) in [5, 5.41) is 3.05. The Morgan fingerprint density at radius 2 is 1.88 bits per heavy atom. The molecule has 1 fully saturated rings. The van der Waals surface area contributed by atoms with Gasteiger partial charge in [0.05, 0.1) is 16.7 Å². The number of urea groups is 1. The lowest BCUT2D eigenvalue weighted by atomic mass is 9.96.